The summed E-state index contributed by atoms with van der Waals surface area (Å²) in [5, 5.41) is 6.53. The molecule has 0 aliphatic carbocycles. The molecular formula is C20H21N3S. The molecule has 1 saturated heterocycles. The highest BCUT2D eigenvalue weighted by Gasteiger charge is 2.17. The van der Waals surface area contributed by atoms with Gasteiger partial charge in [0.15, 0.2) is 5.11 Å². The summed E-state index contributed by atoms with van der Waals surface area (Å²) < 4.78 is 0. The van der Waals surface area contributed by atoms with E-state index in [0.29, 0.717) is 0 Å². The first-order valence-electron chi connectivity index (χ1n) is 8.54. The number of pyridine rings is 1. The summed E-state index contributed by atoms with van der Waals surface area (Å²) >= 11 is 5.59. The molecule has 0 radical (unpaired) electrons. The molecule has 2 aromatic carbocycles. The number of aromatic nitrogens is 1. The van der Waals surface area contributed by atoms with Crippen LogP contribution in [0.3, 0.4) is 0 Å². The first-order chi connectivity index (χ1) is 11.7. The van der Waals surface area contributed by atoms with Crippen molar-refractivity contribution in [2.24, 2.45) is 5.92 Å². The van der Waals surface area contributed by atoms with Crippen LogP contribution in [-0.2, 0) is 0 Å². The van der Waals surface area contributed by atoms with Gasteiger partial charge in [-0.05, 0) is 55.2 Å². The van der Waals surface area contributed by atoms with Gasteiger partial charge >= 0.3 is 0 Å². The van der Waals surface area contributed by atoms with Crippen LogP contribution in [0, 0.1) is 5.92 Å². The van der Waals surface area contributed by atoms with E-state index in [1.54, 1.807) is 0 Å². The molecule has 3 aromatic rings. The smallest absolute Gasteiger partial charge is 0.173 e. The molecule has 0 spiro atoms. The van der Waals surface area contributed by atoms with Crippen LogP contribution in [0.5, 0.6) is 0 Å². The van der Waals surface area contributed by atoms with Crippen molar-refractivity contribution >= 4 is 44.8 Å². The van der Waals surface area contributed by atoms with Gasteiger partial charge in [0, 0.05) is 29.5 Å². The van der Waals surface area contributed by atoms with Gasteiger partial charge in [0.25, 0.3) is 0 Å². The van der Waals surface area contributed by atoms with Gasteiger partial charge < -0.3 is 10.2 Å². The van der Waals surface area contributed by atoms with Gasteiger partial charge in [-0.3, -0.25) is 0 Å². The van der Waals surface area contributed by atoms with Crippen LogP contribution < -0.4 is 5.32 Å². The Morgan fingerprint density at radius 1 is 1.04 bits per heavy atom. The van der Waals surface area contributed by atoms with Crippen LogP contribution in [0.4, 0.5) is 5.69 Å². The number of nitrogens with zero attached hydrogens (tertiary/aromatic N) is 2. The maximum absolute atomic E-state index is 5.59. The minimum atomic E-state index is 0.808. The Morgan fingerprint density at radius 3 is 2.62 bits per heavy atom. The zero-order valence-electron chi connectivity index (χ0n) is 13.8. The molecule has 4 heteroatoms. The Morgan fingerprint density at radius 2 is 1.79 bits per heavy atom. The fourth-order valence-electron chi connectivity index (χ4n) is 3.26. The average molecular weight is 335 g/mol. The SMILES string of the molecule is CC1CCN(C(=S)Nc2ccc3cc4ccccc4nc3c2)CC1. The number of fused-ring (bicyclic) bond motifs is 2. The molecule has 1 fully saturated rings. The zero-order chi connectivity index (χ0) is 16.5. The maximum Gasteiger partial charge on any atom is 0.173 e. The van der Waals surface area contributed by atoms with Gasteiger partial charge in [0.05, 0.1) is 11.0 Å². The van der Waals surface area contributed by atoms with Crippen LogP contribution in [-0.4, -0.2) is 28.1 Å². The highest BCUT2D eigenvalue weighted by atomic mass is 32.1. The van der Waals surface area contributed by atoms with E-state index in [-0.39, 0.29) is 0 Å². The Bertz CT molecular complexity index is 898. The molecule has 0 bridgehead atoms. The van der Waals surface area contributed by atoms with Gasteiger partial charge in [-0.1, -0.05) is 31.2 Å². The van der Waals surface area contributed by atoms with E-state index >= 15 is 0 Å². The van der Waals surface area contributed by atoms with Crippen molar-refractivity contribution in [3.8, 4) is 0 Å². The number of piperidine rings is 1. The molecule has 0 saturated carbocycles. The van der Waals surface area contributed by atoms with Crippen molar-refractivity contribution in [1.82, 2.24) is 9.88 Å². The topological polar surface area (TPSA) is 28.2 Å². The molecule has 1 aromatic heterocycles. The number of hydrogen-bond acceptors (Lipinski definition) is 2. The van der Waals surface area contributed by atoms with E-state index in [0.717, 1.165) is 46.2 Å². The normalized spacial score (nSPS) is 15.8. The summed E-state index contributed by atoms with van der Waals surface area (Å²) in [6.45, 7) is 4.40. The molecule has 24 heavy (non-hydrogen) atoms. The molecule has 0 amide bonds. The van der Waals surface area contributed by atoms with Gasteiger partial charge in [-0.25, -0.2) is 4.98 Å². The second-order valence-corrected chi connectivity index (χ2v) is 7.07. The lowest BCUT2D eigenvalue weighted by Crippen LogP contribution is -2.40. The molecule has 1 aliphatic rings. The van der Waals surface area contributed by atoms with Crippen LogP contribution in [0.25, 0.3) is 21.8 Å². The lowest BCUT2D eigenvalue weighted by atomic mass is 10.00. The number of hydrogen-bond donors (Lipinski definition) is 1. The number of thiocarbonyl (C=S) groups is 1. The second kappa shape index (κ2) is 6.36. The zero-order valence-corrected chi connectivity index (χ0v) is 14.6. The first-order valence-corrected chi connectivity index (χ1v) is 8.95. The molecular weight excluding hydrogens is 314 g/mol. The maximum atomic E-state index is 5.59. The summed E-state index contributed by atoms with van der Waals surface area (Å²) in [5.41, 5.74) is 3.03. The number of rotatable bonds is 1. The van der Waals surface area contributed by atoms with Crippen LogP contribution >= 0.6 is 12.2 Å². The number of anilines is 1. The van der Waals surface area contributed by atoms with Crippen molar-refractivity contribution < 1.29 is 0 Å². The molecule has 1 aliphatic heterocycles. The fourth-order valence-corrected chi connectivity index (χ4v) is 3.56. The molecule has 4 rings (SSSR count). The molecule has 0 unspecified atom stereocenters. The Balaban J connectivity index is 1.58. The summed E-state index contributed by atoms with van der Waals surface area (Å²) in [5.74, 6) is 0.808. The monoisotopic (exact) mass is 335 g/mol. The second-order valence-electron chi connectivity index (χ2n) is 6.69. The standard InChI is InChI=1S/C20H21N3S/c1-14-8-10-23(11-9-14)20(24)21-17-7-6-16-12-15-4-2-3-5-18(15)22-19(16)13-17/h2-7,12-14H,8-11H2,1H3,(H,21,24). The summed E-state index contributed by atoms with van der Waals surface area (Å²) in [7, 11) is 0. The number of para-hydroxylation sites is 1. The summed E-state index contributed by atoms with van der Waals surface area (Å²) in [4.78, 5) is 7.04. The van der Waals surface area contributed by atoms with E-state index in [1.807, 2.05) is 12.1 Å². The summed E-state index contributed by atoms with van der Waals surface area (Å²) in [6.07, 6.45) is 2.43. The minimum Gasteiger partial charge on any atom is -0.349 e. The van der Waals surface area contributed by atoms with E-state index < -0.39 is 0 Å². The van der Waals surface area contributed by atoms with Crippen molar-refractivity contribution in [3.63, 3.8) is 0 Å². The fraction of sp³-hybridized carbons (Fsp3) is 0.300. The lowest BCUT2D eigenvalue weighted by Gasteiger charge is -2.32. The predicted octanol–water partition coefficient (Wildman–Crippen LogP) is 4.82. The number of nitrogens with one attached hydrogen (secondary N) is 1. The first kappa shape index (κ1) is 15.3. The van der Waals surface area contributed by atoms with Gasteiger partial charge in [-0.2, -0.15) is 0 Å². The highest BCUT2D eigenvalue weighted by molar-refractivity contribution is 7.80. The third kappa shape index (κ3) is 3.06. The lowest BCUT2D eigenvalue weighted by molar-refractivity contribution is 0.283. The quantitative estimate of drug-likeness (QED) is 0.510. The Kier molecular flexibility index (Phi) is 4.07. The predicted molar refractivity (Wildman–Crippen MR) is 105 cm³/mol. The number of benzene rings is 2. The average Bonchev–Trinajstić information content (AvgIpc) is 2.60. The molecule has 122 valence electrons. The molecule has 0 atom stereocenters. The highest BCUT2D eigenvalue weighted by Crippen LogP contribution is 2.23. The van der Waals surface area contributed by atoms with Crippen molar-refractivity contribution in [2.45, 2.75) is 19.8 Å². The van der Waals surface area contributed by atoms with E-state index in [1.165, 1.54) is 18.2 Å². The van der Waals surface area contributed by atoms with Gasteiger partial charge in [0.2, 0.25) is 0 Å². The van der Waals surface area contributed by atoms with Crippen molar-refractivity contribution in [1.29, 1.82) is 0 Å². The summed E-state index contributed by atoms with van der Waals surface area (Å²) in [6, 6.07) is 16.7. The third-order valence-corrected chi connectivity index (χ3v) is 5.20. The third-order valence-electron chi connectivity index (χ3n) is 4.84. The van der Waals surface area contributed by atoms with Crippen LogP contribution in [0.2, 0.25) is 0 Å². The number of likely N-dealkylation sites (tertiary alicyclic amines) is 1. The van der Waals surface area contributed by atoms with Gasteiger partial charge in [-0.15, -0.1) is 0 Å². The van der Waals surface area contributed by atoms with Crippen LogP contribution in [0.15, 0.2) is 48.5 Å². The Labute approximate surface area is 147 Å². The Hall–Kier alpha value is -2.20. The van der Waals surface area contributed by atoms with E-state index in [9.17, 15) is 0 Å². The molecule has 1 N–H and O–H groups in total. The van der Waals surface area contributed by atoms with E-state index in [4.69, 9.17) is 17.2 Å². The molecule has 3 nitrogen and oxygen atoms in total. The van der Waals surface area contributed by atoms with Crippen LogP contribution in [0.1, 0.15) is 19.8 Å². The van der Waals surface area contributed by atoms with Crippen molar-refractivity contribution in [3.05, 3.63) is 48.5 Å². The van der Waals surface area contributed by atoms with Crippen molar-refractivity contribution in [2.75, 3.05) is 18.4 Å². The largest absolute Gasteiger partial charge is 0.349 e. The molecule has 2 heterocycles. The minimum absolute atomic E-state index is 0.808. The van der Waals surface area contributed by atoms with Gasteiger partial charge in [0.1, 0.15) is 0 Å². The van der Waals surface area contributed by atoms with E-state index in [2.05, 4.69) is 53.5 Å².